The number of hydrogen-bond acceptors (Lipinski definition) is 4. The van der Waals surface area contributed by atoms with Crippen molar-refractivity contribution < 1.29 is 14.7 Å². The lowest BCUT2D eigenvalue weighted by atomic mass is 10.3. The molecule has 2 heterocycles. The molecule has 2 rings (SSSR count). The molecule has 0 radical (unpaired) electrons. The molecule has 6 nitrogen and oxygen atoms in total. The van der Waals surface area contributed by atoms with Gasteiger partial charge in [0.1, 0.15) is 0 Å². The fourth-order valence-electron chi connectivity index (χ4n) is 2.52. The molecule has 0 spiro atoms. The number of carbonyl (C=O) groups is 2. The van der Waals surface area contributed by atoms with Gasteiger partial charge in [-0.2, -0.15) is 0 Å². The van der Waals surface area contributed by atoms with Crippen LogP contribution in [0.4, 0.5) is 0 Å². The molecule has 2 fully saturated rings. The predicted octanol–water partition coefficient (Wildman–Crippen LogP) is -1.26. The highest BCUT2D eigenvalue weighted by atomic mass is 16.3. The molecule has 0 aromatic carbocycles. The second-order valence-electron chi connectivity index (χ2n) is 5.06. The summed E-state index contributed by atoms with van der Waals surface area (Å²) in [5.74, 6) is 0.178. The van der Waals surface area contributed by atoms with Crippen LogP contribution in [0.1, 0.15) is 13.3 Å². The van der Waals surface area contributed by atoms with Gasteiger partial charge in [0.05, 0.1) is 12.6 Å². The minimum Gasteiger partial charge on any atom is -0.392 e. The van der Waals surface area contributed by atoms with Gasteiger partial charge in [0.15, 0.2) is 0 Å². The normalized spacial score (nSPS) is 25.6. The van der Waals surface area contributed by atoms with Crippen molar-refractivity contribution in [2.45, 2.75) is 19.4 Å². The van der Waals surface area contributed by atoms with Gasteiger partial charge in [-0.3, -0.25) is 14.5 Å². The first-order valence-electron chi connectivity index (χ1n) is 6.50. The van der Waals surface area contributed by atoms with E-state index in [-0.39, 0.29) is 17.9 Å². The van der Waals surface area contributed by atoms with Crippen LogP contribution in [0.25, 0.3) is 0 Å². The Morgan fingerprint density at radius 3 is 2.22 bits per heavy atom. The average Bonchev–Trinajstić information content (AvgIpc) is 2.75. The van der Waals surface area contributed by atoms with Gasteiger partial charge in [-0.05, 0) is 6.42 Å². The standard InChI is InChI=1S/C12H21N3O3/c1-10(16)14-4-6-15(7-5-14)12(18)9-13-3-2-11(17)8-13/h11,17H,2-9H2,1H3/t11-/m0/s1. The molecule has 0 unspecified atom stereocenters. The molecule has 0 saturated carbocycles. The summed E-state index contributed by atoms with van der Waals surface area (Å²) in [6.45, 7) is 5.83. The summed E-state index contributed by atoms with van der Waals surface area (Å²) in [6.07, 6.45) is 0.470. The van der Waals surface area contributed by atoms with Crippen molar-refractivity contribution in [3.8, 4) is 0 Å². The average molecular weight is 255 g/mol. The number of aliphatic hydroxyl groups is 1. The van der Waals surface area contributed by atoms with E-state index in [1.54, 1.807) is 11.8 Å². The Hall–Kier alpha value is -1.14. The van der Waals surface area contributed by atoms with Crippen molar-refractivity contribution in [1.82, 2.24) is 14.7 Å². The van der Waals surface area contributed by atoms with Crippen LogP contribution in [0.5, 0.6) is 0 Å². The first-order chi connectivity index (χ1) is 8.56. The molecule has 2 saturated heterocycles. The van der Waals surface area contributed by atoms with E-state index in [0.717, 1.165) is 13.0 Å². The summed E-state index contributed by atoms with van der Waals surface area (Å²) in [6, 6.07) is 0. The van der Waals surface area contributed by atoms with Crippen molar-refractivity contribution in [1.29, 1.82) is 0 Å². The van der Waals surface area contributed by atoms with Crippen LogP contribution in [-0.2, 0) is 9.59 Å². The van der Waals surface area contributed by atoms with Gasteiger partial charge in [0, 0.05) is 46.2 Å². The van der Waals surface area contributed by atoms with E-state index >= 15 is 0 Å². The minimum absolute atomic E-state index is 0.0739. The molecule has 18 heavy (non-hydrogen) atoms. The Morgan fingerprint density at radius 1 is 1.11 bits per heavy atom. The van der Waals surface area contributed by atoms with Crippen LogP contribution in [0.3, 0.4) is 0 Å². The third-order valence-corrected chi connectivity index (χ3v) is 3.68. The zero-order chi connectivity index (χ0) is 13.1. The molecule has 6 heteroatoms. The number of carbonyl (C=O) groups excluding carboxylic acids is 2. The van der Waals surface area contributed by atoms with Crippen molar-refractivity contribution in [2.24, 2.45) is 0 Å². The quantitative estimate of drug-likeness (QED) is 0.669. The van der Waals surface area contributed by atoms with Gasteiger partial charge in [0.25, 0.3) is 0 Å². The number of rotatable bonds is 2. The molecule has 2 aliphatic heterocycles. The van der Waals surface area contributed by atoms with E-state index in [1.807, 2.05) is 9.80 Å². The van der Waals surface area contributed by atoms with Crippen LogP contribution in [-0.4, -0.2) is 83.5 Å². The smallest absolute Gasteiger partial charge is 0.236 e. The van der Waals surface area contributed by atoms with E-state index in [4.69, 9.17) is 0 Å². The van der Waals surface area contributed by atoms with Crippen LogP contribution >= 0.6 is 0 Å². The van der Waals surface area contributed by atoms with Gasteiger partial charge in [-0.25, -0.2) is 0 Å². The highest BCUT2D eigenvalue weighted by Gasteiger charge is 2.26. The molecule has 1 N–H and O–H groups in total. The van der Waals surface area contributed by atoms with Gasteiger partial charge in [0.2, 0.25) is 11.8 Å². The maximum Gasteiger partial charge on any atom is 0.236 e. The summed E-state index contributed by atoms with van der Waals surface area (Å²) in [4.78, 5) is 28.8. The van der Waals surface area contributed by atoms with Crippen molar-refractivity contribution in [2.75, 3.05) is 45.8 Å². The second-order valence-corrected chi connectivity index (χ2v) is 5.06. The van der Waals surface area contributed by atoms with Crippen molar-refractivity contribution in [3.63, 3.8) is 0 Å². The highest BCUT2D eigenvalue weighted by Crippen LogP contribution is 2.09. The fraction of sp³-hybridized carbons (Fsp3) is 0.833. The largest absolute Gasteiger partial charge is 0.392 e. The summed E-state index contributed by atoms with van der Waals surface area (Å²) in [5, 5.41) is 9.41. The first-order valence-corrected chi connectivity index (χ1v) is 6.50. The van der Waals surface area contributed by atoms with E-state index in [2.05, 4.69) is 0 Å². The first kappa shape index (κ1) is 13.3. The second kappa shape index (κ2) is 5.67. The molecule has 1 atom stereocenters. The van der Waals surface area contributed by atoms with Gasteiger partial charge < -0.3 is 14.9 Å². The number of piperazine rings is 1. The topological polar surface area (TPSA) is 64.1 Å². The molecule has 0 bridgehead atoms. The Bertz CT molecular complexity index is 327. The van der Waals surface area contributed by atoms with Crippen molar-refractivity contribution in [3.05, 3.63) is 0 Å². The Morgan fingerprint density at radius 2 is 1.72 bits per heavy atom. The molecular formula is C12H21N3O3. The van der Waals surface area contributed by atoms with Gasteiger partial charge >= 0.3 is 0 Å². The maximum absolute atomic E-state index is 12.0. The van der Waals surface area contributed by atoms with E-state index < -0.39 is 0 Å². The van der Waals surface area contributed by atoms with E-state index in [9.17, 15) is 14.7 Å². The number of hydrogen-bond donors (Lipinski definition) is 1. The Labute approximate surface area is 107 Å². The molecule has 0 aliphatic carbocycles. The third kappa shape index (κ3) is 3.20. The predicted molar refractivity (Wildman–Crippen MR) is 65.9 cm³/mol. The zero-order valence-electron chi connectivity index (χ0n) is 10.8. The number of β-amino-alcohol motifs (C(OH)–C–C–N with tert-alkyl or cyclic N) is 1. The van der Waals surface area contributed by atoms with Crippen molar-refractivity contribution >= 4 is 11.8 Å². The molecule has 0 aromatic heterocycles. The lowest BCUT2D eigenvalue weighted by molar-refractivity contribution is -0.139. The van der Waals surface area contributed by atoms with E-state index in [1.165, 1.54) is 0 Å². The number of nitrogens with zero attached hydrogens (tertiary/aromatic N) is 3. The Kier molecular flexibility index (Phi) is 4.19. The molecule has 0 aromatic rings. The van der Waals surface area contributed by atoms with Gasteiger partial charge in [-0.15, -0.1) is 0 Å². The lowest BCUT2D eigenvalue weighted by Gasteiger charge is -2.35. The summed E-state index contributed by atoms with van der Waals surface area (Å²) in [5.41, 5.74) is 0. The maximum atomic E-state index is 12.0. The third-order valence-electron chi connectivity index (χ3n) is 3.68. The highest BCUT2D eigenvalue weighted by molar-refractivity contribution is 5.79. The Balaban J connectivity index is 1.75. The number of amides is 2. The van der Waals surface area contributed by atoms with Gasteiger partial charge in [-0.1, -0.05) is 0 Å². The van der Waals surface area contributed by atoms with Crippen LogP contribution < -0.4 is 0 Å². The molecule has 2 aliphatic rings. The summed E-state index contributed by atoms with van der Waals surface area (Å²) < 4.78 is 0. The summed E-state index contributed by atoms with van der Waals surface area (Å²) >= 11 is 0. The van der Waals surface area contributed by atoms with Crippen LogP contribution in [0.2, 0.25) is 0 Å². The lowest BCUT2D eigenvalue weighted by Crippen LogP contribution is -2.52. The number of likely N-dealkylation sites (tertiary alicyclic amines) is 1. The molecule has 102 valence electrons. The minimum atomic E-state index is -0.285. The molecular weight excluding hydrogens is 234 g/mol. The zero-order valence-corrected chi connectivity index (χ0v) is 10.8. The van der Waals surface area contributed by atoms with E-state index in [0.29, 0.717) is 39.3 Å². The SMILES string of the molecule is CC(=O)N1CCN(C(=O)CN2CC[C@H](O)C2)CC1. The monoisotopic (exact) mass is 255 g/mol. The fourth-order valence-corrected chi connectivity index (χ4v) is 2.52. The molecule has 2 amide bonds. The van der Waals surface area contributed by atoms with Crippen LogP contribution in [0.15, 0.2) is 0 Å². The number of aliphatic hydroxyl groups excluding tert-OH is 1. The van der Waals surface area contributed by atoms with Crippen LogP contribution in [0, 0.1) is 0 Å². The summed E-state index contributed by atoms with van der Waals surface area (Å²) in [7, 11) is 0.